The number of nitrogens with zero attached hydrogens (tertiary/aromatic N) is 1. The summed E-state index contributed by atoms with van der Waals surface area (Å²) in [5.41, 5.74) is 0.227. The van der Waals surface area contributed by atoms with E-state index in [2.05, 4.69) is 29.0 Å². The highest BCUT2D eigenvalue weighted by Gasteiger charge is 2.38. The molecule has 3 heterocycles. The Kier molecular flexibility index (Phi) is 5.29. The molecule has 0 aromatic rings. The van der Waals surface area contributed by atoms with E-state index in [4.69, 9.17) is 4.74 Å². The molecule has 4 heteroatoms. The van der Waals surface area contributed by atoms with Gasteiger partial charge in [0, 0.05) is 19.2 Å². The van der Waals surface area contributed by atoms with Gasteiger partial charge in [-0.05, 0) is 76.1 Å². The fraction of sp³-hybridized carbons (Fsp3) is 1.00. The Bertz CT molecular complexity index is 301. The summed E-state index contributed by atoms with van der Waals surface area (Å²) in [6.07, 6.45) is 7.76. The van der Waals surface area contributed by atoms with E-state index >= 15 is 0 Å². The Balaban J connectivity index is 1.45. The smallest absolute Gasteiger partial charge is 0.0713 e. The first-order valence-corrected chi connectivity index (χ1v) is 9.55. The van der Waals surface area contributed by atoms with Crippen molar-refractivity contribution in [3.8, 4) is 0 Å². The molecule has 3 saturated heterocycles. The quantitative estimate of drug-likeness (QED) is 0.864. The Morgan fingerprint density at radius 1 is 1.30 bits per heavy atom. The summed E-state index contributed by atoms with van der Waals surface area (Å²) < 4.78 is 6.18. The number of piperidine rings is 1. The van der Waals surface area contributed by atoms with Gasteiger partial charge in [-0.25, -0.2) is 0 Å². The minimum atomic E-state index is 0.227. The normalized spacial score (nSPS) is 35.2. The number of hydrogen-bond donors (Lipinski definition) is 1. The van der Waals surface area contributed by atoms with Crippen LogP contribution in [0, 0.1) is 5.92 Å². The van der Waals surface area contributed by atoms with Crippen molar-refractivity contribution in [1.29, 1.82) is 0 Å². The SMILES string of the molecule is CN1CCCC(CNC2CCOC3(CCSCC3)C2)C1. The van der Waals surface area contributed by atoms with E-state index in [0.29, 0.717) is 6.04 Å². The van der Waals surface area contributed by atoms with Gasteiger partial charge in [-0.3, -0.25) is 0 Å². The van der Waals surface area contributed by atoms with Crippen molar-refractivity contribution in [3.05, 3.63) is 0 Å². The van der Waals surface area contributed by atoms with Crippen LogP contribution in [0.15, 0.2) is 0 Å². The minimum absolute atomic E-state index is 0.227. The number of hydrogen-bond acceptors (Lipinski definition) is 4. The summed E-state index contributed by atoms with van der Waals surface area (Å²) in [5.74, 6) is 3.44. The Labute approximate surface area is 128 Å². The van der Waals surface area contributed by atoms with Crippen molar-refractivity contribution < 1.29 is 4.74 Å². The molecule has 20 heavy (non-hydrogen) atoms. The summed E-state index contributed by atoms with van der Waals surface area (Å²) >= 11 is 2.09. The lowest BCUT2D eigenvalue weighted by Gasteiger charge is -2.44. The molecular weight excluding hydrogens is 268 g/mol. The lowest BCUT2D eigenvalue weighted by atomic mass is 9.85. The van der Waals surface area contributed by atoms with E-state index in [0.717, 1.165) is 12.5 Å². The molecule has 3 nitrogen and oxygen atoms in total. The summed E-state index contributed by atoms with van der Waals surface area (Å²) in [5, 5.41) is 3.87. The Morgan fingerprint density at radius 3 is 2.95 bits per heavy atom. The molecule has 0 aromatic carbocycles. The predicted octanol–water partition coefficient (Wildman–Crippen LogP) is 2.36. The van der Waals surface area contributed by atoms with E-state index in [-0.39, 0.29) is 5.60 Å². The van der Waals surface area contributed by atoms with Crippen molar-refractivity contribution in [2.24, 2.45) is 5.92 Å². The molecule has 1 spiro atoms. The summed E-state index contributed by atoms with van der Waals surface area (Å²) in [6, 6.07) is 0.694. The van der Waals surface area contributed by atoms with Gasteiger partial charge in [0.25, 0.3) is 0 Å². The second-order valence-corrected chi connectivity index (χ2v) is 8.24. The van der Waals surface area contributed by atoms with Gasteiger partial charge >= 0.3 is 0 Å². The van der Waals surface area contributed by atoms with Gasteiger partial charge in [0.2, 0.25) is 0 Å². The van der Waals surface area contributed by atoms with E-state index < -0.39 is 0 Å². The van der Waals surface area contributed by atoms with E-state index in [1.54, 1.807) is 0 Å². The van der Waals surface area contributed by atoms with Crippen LogP contribution < -0.4 is 5.32 Å². The third-order valence-corrected chi connectivity index (χ3v) is 6.30. The second kappa shape index (κ2) is 6.99. The van der Waals surface area contributed by atoms with Crippen LogP contribution in [0.3, 0.4) is 0 Å². The predicted molar refractivity (Wildman–Crippen MR) is 86.5 cm³/mol. The standard InChI is InChI=1S/C16H30N2OS/c1-18-7-2-3-14(13-18)12-17-15-4-8-19-16(11-15)5-9-20-10-6-16/h14-15,17H,2-13H2,1H3. The van der Waals surface area contributed by atoms with Gasteiger partial charge in [-0.15, -0.1) is 0 Å². The topological polar surface area (TPSA) is 24.5 Å². The molecule has 2 atom stereocenters. The molecule has 0 radical (unpaired) electrons. The zero-order valence-electron chi connectivity index (χ0n) is 12.9. The molecule has 0 bridgehead atoms. The molecule has 3 aliphatic rings. The van der Waals surface area contributed by atoms with Crippen molar-refractivity contribution in [3.63, 3.8) is 0 Å². The van der Waals surface area contributed by atoms with Gasteiger partial charge in [-0.1, -0.05) is 0 Å². The van der Waals surface area contributed by atoms with Gasteiger partial charge in [0.05, 0.1) is 5.60 Å². The van der Waals surface area contributed by atoms with Crippen LogP contribution >= 0.6 is 11.8 Å². The Morgan fingerprint density at radius 2 is 2.15 bits per heavy atom. The number of rotatable bonds is 3. The first kappa shape index (κ1) is 15.1. The fourth-order valence-electron chi connectivity index (χ4n) is 4.07. The zero-order valence-corrected chi connectivity index (χ0v) is 13.7. The van der Waals surface area contributed by atoms with E-state index in [9.17, 15) is 0 Å². The molecule has 0 amide bonds. The first-order chi connectivity index (χ1) is 9.76. The van der Waals surface area contributed by atoms with Crippen molar-refractivity contribution in [2.75, 3.05) is 44.8 Å². The van der Waals surface area contributed by atoms with Crippen LogP contribution in [-0.2, 0) is 4.74 Å². The molecule has 0 aliphatic carbocycles. The fourth-order valence-corrected chi connectivity index (χ4v) is 5.30. The first-order valence-electron chi connectivity index (χ1n) is 8.39. The maximum Gasteiger partial charge on any atom is 0.0713 e. The van der Waals surface area contributed by atoms with Crippen molar-refractivity contribution in [2.45, 2.75) is 50.2 Å². The van der Waals surface area contributed by atoms with E-state index in [1.807, 2.05) is 0 Å². The maximum absolute atomic E-state index is 6.18. The van der Waals surface area contributed by atoms with Gasteiger partial charge in [0.15, 0.2) is 0 Å². The lowest BCUT2D eigenvalue weighted by Crippen LogP contribution is -2.50. The van der Waals surface area contributed by atoms with Crippen LogP contribution in [0.5, 0.6) is 0 Å². The van der Waals surface area contributed by atoms with E-state index in [1.165, 1.54) is 69.7 Å². The molecule has 2 unspecified atom stereocenters. The monoisotopic (exact) mass is 298 g/mol. The number of nitrogens with one attached hydrogen (secondary N) is 1. The van der Waals surface area contributed by atoms with Gasteiger partial charge in [0.1, 0.15) is 0 Å². The maximum atomic E-state index is 6.18. The average molecular weight is 298 g/mol. The minimum Gasteiger partial charge on any atom is -0.375 e. The number of ether oxygens (including phenoxy) is 1. The van der Waals surface area contributed by atoms with Gasteiger partial charge < -0.3 is 15.0 Å². The van der Waals surface area contributed by atoms with Gasteiger partial charge in [-0.2, -0.15) is 11.8 Å². The molecule has 0 saturated carbocycles. The van der Waals surface area contributed by atoms with Crippen LogP contribution in [0.4, 0.5) is 0 Å². The highest BCUT2D eigenvalue weighted by Crippen LogP contribution is 2.37. The van der Waals surface area contributed by atoms with Crippen molar-refractivity contribution in [1.82, 2.24) is 10.2 Å². The largest absolute Gasteiger partial charge is 0.375 e. The number of thioether (sulfide) groups is 1. The summed E-state index contributed by atoms with van der Waals surface area (Å²) in [7, 11) is 2.26. The van der Waals surface area contributed by atoms with Crippen LogP contribution in [-0.4, -0.2) is 61.3 Å². The summed E-state index contributed by atoms with van der Waals surface area (Å²) in [4.78, 5) is 2.49. The van der Waals surface area contributed by atoms with Crippen LogP contribution in [0.2, 0.25) is 0 Å². The third-order valence-electron chi connectivity index (χ3n) is 5.31. The highest BCUT2D eigenvalue weighted by molar-refractivity contribution is 7.99. The van der Waals surface area contributed by atoms with Crippen molar-refractivity contribution >= 4 is 11.8 Å². The molecule has 1 N–H and O–H groups in total. The summed E-state index contributed by atoms with van der Waals surface area (Å²) in [6.45, 7) is 4.74. The lowest BCUT2D eigenvalue weighted by molar-refractivity contribution is -0.0935. The van der Waals surface area contributed by atoms with Crippen LogP contribution in [0.25, 0.3) is 0 Å². The molecule has 0 aromatic heterocycles. The molecule has 3 aliphatic heterocycles. The molecular formula is C16H30N2OS. The zero-order chi connectivity index (χ0) is 13.8. The molecule has 3 fully saturated rings. The number of likely N-dealkylation sites (tertiary alicyclic amines) is 1. The molecule has 3 rings (SSSR count). The average Bonchev–Trinajstić information content (AvgIpc) is 2.46. The Hall–Kier alpha value is 0.230. The highest BCUT2D eigenvalue weighted by atomic mass is 32.2. The molecule has 116 valence electrons. The van der Waals surface area contributed by atoms with Crippen LogP contribution in [0.1, 0.15) is 38.5 Å². The second-order valence-electron chi connectivity index (χ2n) is 7.01. The third kappa shape index (κ3) is 3.90.